The second-order valence-electron chi connectivity index (χ2n) is 33.6. The zero-order chi connectivity index (χ0) is 104. The van der Waals surface area contributed by atoms with Crippen molar-refractivity contribution in [3.05, 3.63) is 18.2 Å². The highest BCUT2D eigenvalue weighted by Crippen LogP contribution is 2.21. The lowest BCUT2D eigenvalue weighted by Crippen LogP contribution is -2.61. The Morgan fingerprint density at radius 3 is 1.24 bits per heavy atom. The summed E-state index contributed by atoms with van der Waals surface area (Å²) in [6, 6.07) is -27.7. The first-order valence-corrected chi connectivity index (χ1v) is 44.9. The zero-order valence-corrected chi connectivity index (χ0v) is 78.5. The Hall–Kier alpha value is -13.8. The number of hydrogen-bond acceptors (Lipinski definition) is 30. The second kappa shape index (κ2) is 59.8. The molecule has 766 valence electrons. The summed E-state index contributed by atoms with van der Waals surface area (Å²) >= 11 is 1.45. The lowest BCUT2D eigenvalue weighted by atomic mass is 10.0. The van der Waals surface area contributed by atoms with Crippen molar-refractivity contribution in [1.29, 1.82) is 0 Å². The van der Waals surface area contributed by atoms with Crippen LogP contribution in [-0.4, -0.2) is 353 Å². The van der Waals surface area contributed by atoms with Gasteiger partial charge in [-0.25, -0.2) is 9.78 Å². The predicted molar refractivity (Wildman–Crippen MR) is 475 cm³/mol. The van der Waals surface area contributed by atoms with Crippen LogP contribution in [0.25, 0.3) is 0 Å². The number of aliphatic hydroxyl groups excluding tert-OH is 2. The van der Waals surface area contributed by atoms with E-state index in [1.807, 2.05) is 6.26 Å². The van der Waals surface area contributed by atoms with Crippen molar-refractivity contribution in [2.24, 2.45) is 35.1 Å². The van der Waals surface area contributed by atoms with Crippen LogP contribution in [0.1, 0.15) is 159 Å². The van der Waals surface area contributed by atoms with E-state index in [2.05, 4.69) is 106 Å². The van der Waals surface area contributed by atoms with Crippen LogP contribution in [0.4, 0.5) is 0 Å². The van der Waals surface area contributed by atoms with E-state index >= 15 is 0 Å². The summed E-state index contributed by atoms with van der Waals surface area (Å²) in [4.78, 5) is 337. The number of aliphatic hydroxyl groups is 2. The standard InChI is InChI=1S/C81H129N23O32S/c1-35(2)22-46(73(127)99-49(25-55(83)107)69(123)86-29-56(108)92-50(26-61(115)116)76(130)97-47(23-36(3)4)74(128)100-51(27-62(117)118)80(134)104-20-13-14-54(104)81(135)136)96-75(129)48(24-42-28-84-34-88-42)98-77(131)53(33-106)93-57(109)30-87-70(124)52(32-105)101-67(121)41(11)89-66(120)40(10)91-78(132)64(38(7)8)103-72(126)45(16-18-60(113)114)94-71(125)44(15-17-59(111)112)95-79(133)63(37(5)6)102-58(110)31-85-65(119)39(9)90-68(122)43(82)19-21-137-12/h28,34-41,43-54,63-64,105-106H,13-27,29-33,82H2,1-12H3,(H2,83,107)(H,84,88)(H,85,119)(H,86,123)(H,87,124)(H,89,120)(H,90,122)(H,91,132)(H,92,108)(H,93,109)(H,94,125)(H,95,133)(H,96,129)(H,97,130)(H,98,131)(H,99,127)(H,100,128)(H,101,121)(H,102,110)(H,103,126)(H,111,112)(H,113,114)(H,115,116)(H,117,118)(H,135,136)/t39-,40-,41-,43-,44-,45-,46-,47-,48-,49-,50-,51-,52-,53-,54-,63-,64-/m0/s1. The molecule has 2 rings (SSSR count). The minimum atomic E-state index is -2.01. The summed E-state index contributed by atoms with van der Waals surface area (Å²) in [5.41, 5.74) is 11.4. The van der Waals surface area contributed by atoms with Gasteiger partial charge in [0, 0.05) is 32.0 Å². The summed E-state index contributed by atoms with van der Waals surface area (Å²) in [7, 11) is 0. The van der Waals surface area contributed by atoms with Crippen molar-refractivity contribution < 1.29 is 156 Å². The molecule has 0 radical (unpaired) electrons. The number of amides is 20. The van der Waals surface area contributed by atoms with E-state index in [0.717, 1.165) is 18.7 Å². The normalized spacial score (nSPS) is 15.7. The van der Waals surface area contributed by atoms with E-state index in [0.29, 0.717) is 12.2 Å². The minimum Gasteiger partial charge on any atom is -0.481 e. The molecular formula is C81H129N23O32S. The molecule has 1 saturated heterocycles. The molecule has 1 fully saturated rings. The number of thioether (sulfide) groups is 1. The molecule has 0 aromatic carbocycles. The zero-order valence-electron chi connectivity index (χ0n) is 77.7. The highest BCUT2D eigenvalue weighted by atomic mass is 32.2. The average molecular weight is 1970 g/mol. The number of carbonyl (C=O) groups excluding carboxylic acids is 20. The molecule has 17 atom stereocenters. The molecule has 56 heteroatoms. The van der Waals surface area contributed by atoms with Gasteiger partial charge < -0.3 is 153 Å². The highest BCUT2D eigenvalue weighted by Gasteiger charge is 2.43. The first kappa shape index (κ1) is 119. The number of nitrogens with two attached hydrogens (primary N) is 2. The Kier molecular flexibility index (Phi) is 52.1. The number of nitrogens with zero attached hydrogens (tertiary/aromatic N) is 2. The summed E-state index contributed by atoms with van der Waals surface area (Å²) in [6.07, 6.45) is -1.98. The average Bonchev–Trinajstić information content (AvgIpc) is 1.70. The van der Waals surface area contributed by atoms with E-state index in [1.54, 1.807) is 27.7 Å². The largest absolute Gasteiger partial charge is 0.481 e. The summed E-state index contributed by atoms with van der Waals surface area (Å²) in [5.74, 6) is -31.7. The second-order valence-corrected chi connectivity index (χ2v) is 34.6. The number of rotatable bonds is 63. The molecule has 20 amide bonds. The van der Waals surface area contributed by atoms with Gasteiger partial charge in [-0.2, -0.15) is 11.8 Å². The first-order valence-electron chi connectivity index (χ1n) is 43.5. The van der Waals surface area contributed by atoms with E-state index in [4.69, 9.17) is 11.5 Å². The number of aromatic nitrogens is 2. The molecule has 0 saturated carbocycles. The molecule has 1 aliphatic heterocycles. The maximum Gasteiger partial charge on any atom is 0.326 e. The quantitative estimate of drug-likeness (QED) is 0.0288. The third-order valence-corrected chi connectivity index (χ3v) is 21.0. The number of carboxylic acids is 5. The van der Waals surface area contributed by atoms with Crippen molar-refractivity contribution in [1.82, 2.24) is 111 Å². The Labute approximate surface area is 789 Å². The van der Waals surface area contributed by atoms with Crippen LogP contribution >= 0.6 is 11.8 Å². The van der Waals surface area contributed by atoms with Gasteiger partial charge in [-0.3, -0.25) is 115 Å². The van der Waals surface area contributed by atoms with E-state index in [9.17, 15) is 156 Å². The number of aliphatic carboxylic acids is 5. The SMILES string of the molecule is CSCC[C@H](N)C(=O)N[C@@H](C)C(=O)NCC(=O)N[C@H](C(=O)N[C@@H](CCC(=O)O)C(=O)N[C@@H](CCC(=O)O)C(=O)N[C@H](C(=O)N[C@@H](C)C(=O)N[C@@H](C)C(=O)N[C@@H](CO)C(=O)NCC(=O)N[C@@H](CO)C(=O)N[C@@H](Cc1c[nH]cn1)C(=O)N[C@@H](CC(C)C)C(=O)N[C@@H](CC(N)=O)C(=O)NCC(=O)N[C@@H](CC(=O)O)C(=O)N[C@@H](CC(C)C)C(=O)N[C@@H](CC(=O)O)C(=O)N1CCC[C@H]1C(=O)O)C(C)C)C(C)C. The molecule has 0 aliphatic carbocycles. The molecule has 2 heterocycles. The smallest absolute Gasteiger partial charge is 0.326 e. The van der Waals surface area contributed by atoms with Crippen LogP contribution in [0.5, 0.6) is 0 Å². The lowest BCUT2D eigenvalue weighted by Gasteiger charge is -2.29. The molecule has 0 spiro atoms. The Morgan fingerprint density at radius 2 is 0.774 bits per heavy atom. The van der Waals surface area contributed by atoms with Gasteiger partial charge in [0.25, 0.3) is 0 Å². The monoisotopic (exact) mass is 1970 g/mol. The first-order chi connectivity index (χ1) is 64.0. The number of carboxylic acid groups (broad SMARTS) is 5. The number of carbonyl (C=O) groups is 25. The van der Waals surface area contributed by atoms with Crippen molar-refractivity contribution >= 4 is 160 Å². The molecule has 30 N–H and O–H groups in total. The Morgan fingerprint density at radius 1 is 0.409 bits per heavy atom. The maximum atomic E-state index is 14.3. The Balaban J connectivity index is 2.20. The predicted octanol–water partition coefficient (Wildman–Crippen LogP) is -11.3. The number of imidazole rings is 1. The van der Waals surface area contributed by atoms with Crippen LogP contribution < -0.4 is 107 Å². The molecular weight excluding hydrogens is 1840 g/mol. The molecule has 0 unspecified atom stereocenters. The third-order valence-electron chi connectivity index (χ3n) is 20.4. The van der Waals surface area contributed by atoms with Gasteiger partial charge in [0.05, 0.1) is 70.2 Å². The third kappa shape index (κ3) is 44.0. The fraction of sp³-hybridized carbons (Fsp3) is 0.654. The van der Waals surface area contributed by atoms with Crippen molar-refractivity contribution in [2.75, 3.05) is 51.4 Å². The number of nitrogens with one attached hydrogen (secondary N) is 19. The molecule has 1 aromatic rings. The van der Waals surface area contributed by atoms with Crippen LogP contribution in [-0.2, 0) is 126 Å². The summed E-state index contributed by atoms with van der Waals surface area (Å²) in [5, 5.41) is 109. The lowest BCUT2D eigenvalue weighted by molar-refractivity contribution is -0.151. The van der Waals surface area contributed by atoms with Gasteiger partial charge in [-0.15, -0.1) is 0 Å². The van der Waals surface area contributed by atoms with Crippen LogP contribution in [0, 0.1) is 23.7 Å². The number of primary amides is 1. The molecule has 0 bridgehead atoms. The Bertz CT molecular complexity index is 4440. The molecule has 55 nitrogen and oxygen atoms in total. The van der Waals surface area contributed by atoms with Crippen LogP contribution in [0.2, 0.25) is 0 Å². The van der Waals surface area contributed by atoms with Crippen molar-refractivity contribution in [3.63, 3.8) is 0 Å². The number of aromatic amines is 1. The summed E-state index contributed by atoms with van der Waals surface area (Å²) in [6.45, 7) is 10.6. The van der Waals surface area contributed by atoms with Gasteiger partial charge in [0.2, 0.25) is 118 Å². The van der Waals surface area contributed by atoms with Crippen molar-refractivity contribution in [2.45, 2.75) is 262 Å². The molecule has 137 heavy (non-hydrogen) atoms. The minimum absolute atomic E-state index is 0.0372. The van der Waals surface area contributed by atoms with Gasteiger partial charge in [0.1, 0.15) is 96.7 Å². The fourth-order valence-electron chi connectivity index (χ4n) is 13.0. The number of H-pyrrole nitrogens is 1. The highest BCUT2D eigenvalue weighted by molar-refractivity contribution is 7.98. The number of hydrogen-bond donors (Lipinski definition) is 28. The van der Waals surface area contributed by atoms with Gasteiger partial charge >= 0.3 is 29.8 Å². The van der Waals surface area contributed by atoms with Gasteiger partial charge in [-0.05, 0) is 101 Å². The van der Waals surface area contributed by atoms with Gasteiger partial charge in [0.15, 0.2) is 0 Å². The van der Waals surface area contributed by atoms with E-state index in [1.165, 1.54) is 58.9 Å². The van der Waals surface area contributed by atoms with Gasteiger partial charge in [-0.1, -0.05) is 55.4 Å². The van der Waals surface area contributed by atoms with Crippen LogP contribution in [0.15, 0.2) is 12.5 Å². The fourth-order valence-corrected chi connectivity index (χ4v) is 13.5. The van der Waals surface area contributed by atoms with Crippen molar-refractivity contribution in [3.8, 4) is 0 Å². The maximum absolute atomic E-state index is 14.3. The van der Waals surface area contributed by atoms with E-state index < -0.39 is 359 Å². The topological polar surface area (TPSA) is 869 Å². The number of likely N-dealkylation sites (tertiary alicyclic amines) is 1. The molecule has 1 aliphatic rings. The summed E-state index contributed by atoms with van der Waals surface area (Å²) < 4.78 is 0. The van der Waals surface area contributed by atoms with E-state index in [-0.39, 0.29) is 37.9 Å². The molecule has 1 aromatic heterocycles. The van der Waals surface area contributed by atoms with Crippen LogP contribution in [0.3, 0.4) is 0 Å².